The Morgan fingerprint density at radius 1 is 1.00 bits per heavy atom. The van der Waals surface area contributed by atoms with Crippen molar-refractivity contribution >= 4 is 29.1 Å². The standard InChI is InChI=1S/C30H27N3O3S/c1-19-13-15-21(16-14-19)25(34)18-37-30-23(17-31)28(22-9-5-4-6-10-22)27(20(2)32-30)29(35)33-24-11-7-8-12-26(24)36-3/h4-16,28,32H,18H2,1-3H3,(H,33,35). The number of hydrogen-bond donors (Lipinski definition) is 2. The summed E-state index contributed by atoms with van der Waals surface area (Å²) in [6.07, 6.45) is 0. The quantitative estimate of drug-likeness (QED) is 0.365. The van der Waals surface area contributed by atoms with Crippen molar-refractivity contribution in [1.29, 1.82) is 5.26 Å². The third-order valence-electron chi connectivity index (χ3n) is 6.10. The fourth-order valence-electron chi connectivity index (χ4n) is 4.20. The normalized spacial score (nSPS) is 15.0. The lowest BCUT2D eigenvalue weighted by atomic mass is 9.82. The molecule has 1 amide bonds. The number of aryl methyl sites for hydroxylation is 1. The highest BCUT2D eigenvalue weighted by molar-refractivity contribution is 8.03. The highest BCUT2D eigenvalue weighted by Gasteiger charge is 2.35. The molecule has 37 heavy (non-hydrogen) atoms. The van der Waals surface area contributed by atoms with Crippen molar-refractivity contribution in [2.75, 3.05) is 18.2 Å². The Morgan fingerprint density at radius 2 is 1.68 bits per heavy atom. The van der Waals surface area contributed by atoms with Gasteiger partial charge in [-0.1, -0.05) is 84.1 Å². The molecule has 0 fully saturated rings. The molecule has 0 spiro atoms. The first-order valence-electron chi connectivity index (χ1n) is 11.8. The number of benzene rings is 3. The third-order valence-corrected chi connectivity index (χ3v) is 7.12. The smallest absolute Gasteiger partial charge is 0.254 e. The predicted octanol–water partition coefficient (Wildman–Crippen LogP) is 5.95. The Morgan fingerprint density at radius 3 is 2.35 bits per heavy atom. The summed E-state index contributed by atoms with van der Waals surface area (Å²) in [7, 11) is 1.54. The summed E-state index contributed by atoms with van der Waals surface area (Å²) in [5, 5.41) is 17.0. The van der Waals surface area contributed by atoms with Gasteiger partial charge in [-0.3, -0.25) is 9.59 Å². The van der Waals surface area contributed by atoms with Crippen molar-refractivity contribution in [1.82, 2.24) is 5.32 Å². The van der Waals surface area contributed by atoms with Gasteiger partial charge < -0.3 is 15.4 Å². The number of carbonyl (C=O) groups excluding carboxylic acids is 2. The number of Topliss-reactive ketones (excluding diaryl/α,β-unsaturated/α-hetero) is 1. The predicted molar refractivity (Wildman–Crippen MR) is 147 cm³/mol. The number of hydrogen-bond acceptors (Lipinski definition) is 6. The average Bonchev–Trinajstić information content (AvgIpc) is 2.92. The first kappa shape index (κ1) is 25.8. The summed E-state index contributed by atoms with van der Waals surface area (Å²) in [6.45, 7) is 3.78. The lowest BCUT2D eigenvalue weighted by Gasteiger charge is -2.30. The molecule has 3 aromatic rings. The second-order valence-corrected chi connectivity index (χ2v) is 9.58. The fraction of sp³-hybridized carbons (Fsp3) is 0.167. The molecule has 0 aromatic heterocycles. The molecule has 1 aliphatic rings. The maximum absolute atomic E-state index is 13.6. The molecular weight excluding hydrogens is 482 g/mol. The maximum Gasteiger partial charge on any atom is 0.254 e. The van der Waals surface area contributed by atoms with E-state index in [9.17, 15) is 14.9 Å². The largest absolute Gasteiger partial charge is 0.495 e. The van der Waals surface area contributed by atoms with Crippen LogP contribution in [0.3, 0.4) is 0 Å². The highest BCUT2D eigenvalue weighted by atomic mass is 32.2. The van der Waals surface area contributed by atoms with E-state index >= 15 is 0 Å². The van der Waals surface area contributed by atoms with E-state index in [0.717, 1.165) is 11.1 Å². The molecule has 0 saturated carbocycles. The SMILES string of the molecule is COc1ccccc1NC(=O)C1=C(C)NC(SCC(=O)c2ccc(C)cc2)=C(C#N)C1c1ccccc1. The van der Waals surface area contributed by atoms with E-state index in [1.165, 1.54) is 11.8 Å². The molecule has 1 atom stereocenters. The Hall–Kier alpha value is -4.28. The fourth-order valence-corrected chi connectivity index (χ4v) is 5.19. The minimum absolute atomic E-state index is 0.0332. The Labute approximate surface area is 221 Å². The molecule has 6 nitrogen and oxygen atoms in total. The topological polar surface area (TPSA) is 91.2 Å². The van der Waals surface area contributed by atoms with Crippen LogP contribution in [0.25, 0.3) is 0 Å². The van der Waals surface area contributed by atoms with E-state index in [1.807, 2.05) is 80.6 Å². The molecule has 2 N–H and O–H groups in total. The van der Waals surface area contributed by atoms with Crippen LogP contribution in [0.4, 0.5) is 5.69 Å². The lowest BCUT2D eigenvalue weighted by molar-refractivity contribution is -0.113. The van der Waals surface area contributed by atoms with E-state index in [-0.39, 0.29) is 17.4 Å². The summed E-state index contributed by atoms with van der Waals surface area (Å²) < 4.78 is 5.39. The number of methoxy groups -OCH3 is 1. The molecule has 0 saturated heterocycles. The number of rotatable bonds is 8. The molecule has 0 aliphatic carbocycles. The second kappa shape index (κ2) is 11.6. The first-order chi connectivity index (χ1) is 17.9. The van der Waals surface area contributed by atoms with Gasteiger partial charge in [0.25, 0.3) is 5.91 Å². The van der Waals surface area contributed by atoms with E-state index in [2.05, 4.69) is 16.7 Å². The maximum atomic E-state index is 13.6. The zero-order chi connectivity index (χ0) is 26.4. The van der Waals surface area contributed by atoms with Gasteiger partial charge >= 0.3 is 0 Å². The van der Waals surface area contributed by atoms with Gasteiger partial charge in [0.05, 0.1) is 41.1 Å². The van der Waals surface area contributed by atoms with Crippen LogP contribution in [-0.4, -0.2) is 24.6 Å². The molecule has 1 unspecified atom stereocenters. The molecule has 7 heteroatoms. The highest BCUT2D eigenvalue weighted by Crippen LogP contribution is 2.41. The number of anilines is 1. The second-order valence-electron chi connectivity index (χ2n) is 8.59. The molecule has 4 rings (SSSR count). The van der Waals surface area contributed by atoms with Crippen LogP contribution in [-0.2, 0) is 4.79 Å². The van der Waals surface area contributed by atoms with E-state index in [1.54, 1.807) is 19.2 Å². The molecule has 3 aromatic carbocycles. The number of thioether (sulfide) groups is 1. The zero-order valence-corrected chi connectivity index (χ0v) is 21.7. The minimum atomic E-state index is -0.598. The number of ether oxygens (including phenoxy) is 1. The summed E-state index contributed by atoms with van der Waals surface area (Å²) in [5.41, 5.74) is 4.49. The van der Waals surface area contributed by atoms with Crippen LogP contribution in [0.2, 0.25) is 0 Å². The Kier molecular flexibility index (Phi) is 8.11. The average molecular weight is 510 g/mol. The molecule has 1 heterocycles. The van der Waals surface area contributed by atoms with Gasteiger partial charge in [0.1, 0.15) is 5.75 Å². The third kappa shape index (κ3) is 5.76. The number of dihydropyridines is 1. The monoisotopic (exact) mass is 509 g/mol. The van der Waals surface area contributed by atoms with Crippen molar-refractivity contribution in [3.63, 3.8) is 0 Å². The van der Waals surface area contributed by atoms with Gasteiger partial charge in [0.15, 0.2) is 5.78 Å². The van der Waals surface area contributed by atoms with Gasteiger partial charge in [0.2, 0.25) is 0 Å². The van der Waals surface area contributed by atoms with Crippen LogP contribution in [0.15, 0.2) is 101 Å². The van der Waals surface area contributed by atoms with Crippen LogP contribution in [0.5, 0.6) is 5.75 Å². The van der Waals surface area contributed by atoms with Crippen molar-refractivity contribution in [2.24, 2.45) is 0 Å². The van der Waals surface area contributed by atoms with Gasteiger partial charge in [-0.05, 0) is 31.5 Å². The number of ketones is 1. The van der Waals surface area contributed by atoms with Crippen LogP contribution in [0.1, 0.15) is 34.3 Å². The van der Waals surface area contributed by atoms with Gasteiger partial charge in [0, 0.05) is 16.8 Å². The van der Waals surface area contributed by atoms with E-state index in [4.69, 9.17) is 4.74 Å². The first-order valence-corrected chi connectivity index (χ1v) is 12.8. The summed E-state index contributed by atoms with van der Waals surface area (Å²) >= 11 is 1.27. The van der Waals surface area contributed by atoms with Gasteiger partial charge in [-0.2, -0.15) is 5.26 Å². The molecular formula is C30H27N3O3S. The molecule has 1 aliphatic heterocycles. The number of para-hydroxylation sites is 2. The number of carbonyl (C=O) groups is 2. The van der Waals surface area contributed by atoms with Gasteiger partial charge in [-0.25, -0.2) is 0 Å². The number of amides is 1. The van der Waals surface area contributed by atoms with Crippen molar-refractivity contribution in [3.05, 3.63) is 117 Å². The Balaban J connectivity index is 1.67. The number of nitrogens with zero attached hydrogens (tertiary/aromatic N) is 1. The van der Waals surface area contributed by atoms with Crippen LogP contribution >= 0.6 is 11.8 Å². The number of nitrogens with one attached hydrogen (secondary N) is 2. The lowest BCUT2D eigenvalue weighted by Crippen LogP contribution is -2.31. The zero-order valence-electron chi connectivity index (χ0n) is 20.9. The summed E-state index contributed by atoms with van der Waals surface area (Å²) in [6, 6.07) is 26.4. The van der Waals surface area contributed by atoms with Crippen molar-refractivity contribution in [2.45, 2.75) is 19.8 Å². The van der Waals surface area contributed by atoms with Crippen LogP contribution < -0.4 is 15.4 Å². The van der Waals surface area contributed by atoms with Gasteiger partial charge in [-0.15, -0.1) is 0 Å². The molecule has 186 valence electrons. The minimum Gasteiger partial charge on any atom is -0.495 e. The van der Waals surface area contributed by atoms with Crippen LogP contribution in [0, 0.1) is 18.3 Å². The van der Waals surface area contributed by atoms with Crippen molar-refractivity contribution < 1.29 is 14.3 Å². The Bertz CT molecular complexity index is 1420. The summed E-state index contributed by atoms with van der Waals surface area (Å²) in [5.74, 6) is -0.269. The number of nitriles is 1. The summed E-state index contributed by atoms with van der Waals surface area (Å²) in [4.78, 5) is 26.4. The van der Waals surface area contributed by atoms with Crippen molar-refractivity contribution in [3.8, 4) is 11.8 Å². The molecule has 0 radical (unpaired) electrons. The molecule has 0 bridgehead atoms. The number of allylic oxidation sites excluding steroid dienone is 2. The van der Waals surface area contributed by atoms with E-state index in [0.29, 0.717) is 38.9 Å². The van der Waals surface area contributed by atoms with E-state index < -0.39 is 5.92 Å².